The Morgan fingerprint density at radius 1 is 0.667 bits per heavy atom. The van der Waals surface area contributed by atoms with Gasteiger partial charge in [0.25, 0.3) is 0 Å². The molecule has 0 atom stereocenters. The second-order valence-corrected chi connectivity index (χ2v) is 11.3. The van der Waals surface area contributed by atoms with Gasteiger partial charge in [0.15, 0.2) is 0 Å². The first-order valence-corrected chi connectivity index (χ1v) is 12.2. The summed E-state index contributed by atoms with van der Waals surface area (Å²) in [7, 11) is 0. The van der Waals surface area contributed by atoms with Gasteiger partial charge >= 0.3 is 22.4 Å². The minimum absolute atomic E-state index is 0. The van der Waals surface area contributed by atoms with E-state index in [1.165, 1.54) is 11.1 Å². The molecule has 3 aromatic carbocycles. The summed E-state index contributed by atoms with van der Waals surface area (Å²) in [6, 6.07) is 30.9. The molecule has 0 aliphatic heterocycles. The Hall–Kier alpha value is -2.91. The van der Waals surface area contributed by atoms with E-state index in [0.29, 0.717) is 0 Å². The smallest absolute Gasteiger partial charge is 0.670 e. The van der Waals surface area contributed by atoms with Gasteiger partial charge in [-0.15, -0.1) is 34.4 Å². The monoisotopic (exact) mass is 652 g/mol. The topological polar surface area (TPSA) is 27.0 Å². The van der Waals surface area contributed by atoms with Crippen molar-refractivity contribution < 1.29 is 22.4 Å². The van der Waals surface area contributed by atoms with E-state index in [1.54, 1.807) is 0 Å². The molecule has 0 fully saturated rings. The molecule has 36 heavy (non-hydrogen) atoms. The number of aromatic nitrogens is 2. The van der Waals surface area contributed by atoms with Crippen molar-refractivity contribution in [2.75, 3.05) is 0 Å². The molecular formula is C33H31AuN2. The van der Waals surface area contributed by atoms with Gasteiger partial charge in [0.2, 0.25) is 0 Å². The van der Waals surface area contributed by atoms with Crippen LogP contribution in [0.3, 0.4) is 0 Å². The number of hydrogen-bond donors (Lipinski definition) is 0. The molecule has 0 saturated heterocycles. The number of rotatable bonds is 3. The number of fused-ring (bicyclic) bond motifs is 1. The molecule has 0 aliphatic rings. The molecule has 2 heterocycles. The third-order valence-corrected chi connectivity index (χ3v) is 6.52. The van der Waals surface area contributed by atoms with Gasteiger partial charge < -0.3 is 4.98 Å². The first kappa shape index (κ1) is 26.2. The summed E-state index contributed by atoms with van der Waals surface area (Å²) in [6.07, 6.45) is 3.72. The Kier molecular flexibility index (Phi) is 7.16. The predicted molar refractivity (Wildman–Crippen MR) is 146 cm³/mol. The molecule has 2 nitrogen and oxygen atoms in total. The van der Waals surface area contributed by atoms with E-state index < -0.39 is 0 Å². The van der Waals surface area contributed by atoms with Crippen molar-refractivity contribution in [2.24, 2.45) is 0 Å². The molecule has 5 rings (SSSR count). The summed E-state index contributed by atoms with van der Waals surface area (Å²) in [5, 5.41) is 1.15. The van der Waals surface area contributed by atoms with E-state index in [0.717, 1.165) is 44.4 Å². The Labute approximate surface area is 230 Å². The molecule has 184 valence electrons. The molecule has 0 amide bonds. The fourth-order valence-corrected chi connectivity index (χ4v) is 4.35. The van der Waals surface area contributed by atoms with Gasteiger partial charge in [-0.3, -0.25) is 4.98 Å². The van der Waals surface area contributed by atoms with Crippen LogP contribution in [0.1, 0.15) is 52.7 Å². The molecule has 0 spiro atoms. The van der Waals surface area contributed by atoms with Crippen LogP contribution in [0.2, 0.25) is 0 Å². The fourth-order valence-electron chi connectivity index (χ4n) is 4.35. The Bertz CT molecular complexity index is 1500. The van der Waals surface area contributed by atoms with E-state index in [1.807, 2.05) is 30.6 Å². The van der Waals surface area contributed by atoms with Crippen LogP contribution in [0.4, 0.5) is 0 Å². The van der Waals surface area contributed by atoms with Gasteiger partial charge in [0.1, 0.15) is 0 Å². The van der Waals surface area contributed by atoms with E-state index in [2.05, 4.69) is 112 Å². The predicted octanol–water partition coefficient (Wildman–Crippen LogP) is 8.39. The summed E-state index contributed by atoms with van der Waals surface area (Å²) in [4.78, 5) is 9.26. The average Bonchev–Trinajstić information content (AvgIpc) is 3.32. The zero-order valence-electron chi connectivity index (χ0n) is 21.7. The fraction of sp³-hybridized carbons (Fsp3) is 0.242. The standard InChI is InChI=1S/C33H31N2.Au/c1-32(2,3)27-18-23(16-25(20-27)29-11-9-10-22-13-15-35-31(22)29)24-17-26(30-12-7-8-14-34-30)21-28(19-24)33(4,5)6;/h7-15,18-21H,1-6H3;/q-3;+3. The van der Waals surface area contributed by atoms with E-state index >= 15 is 0 Å². The maximum atomic E-state index is 4.65. The van der Waals surface area contributed by atoms with Crippen molar-refractivity contribution in [3.63, 3.8) is 0 Å². The summed E-state index contributed by atoms with van der Waals surface area (Å²) in [6.45, 7) is 13.5. The van der Waals surface area contributed by atoms with Gasteiger partial charge in [-0.2, -0.15) is 47.1 Å². The second kappa shape index (κ2) is 9.86. The molecule has 3 heteroatoms. The molecule has 0 aliphatic carbocycles. The Morgan fingerprint density at radius 2 is 1.28 bits per heavy atom. The van der Waals surface area contributed by atoms with E-state index in [-0.39, 0.29) is 33.2 Å². The molecule has 0 N–H and O–H groups in total. The molecule has 0 bridgehead atoms. The van der Waals surface area contributed by atoms with Crippen LogP contribution in [-0.2, 0) is 33.2 Å². The van der Waals surface area contributed by atoms with Crippen molar-refractivity contribution in [1.82, 2.24) is 9.97 Å². The summed E-state index contributed by atoms with van der Waals surface area (Å²) in [5.74, 6) is 0. The number of nitrogens with zero attached hydrogens (tertiary/aromatic N) is 2. The SMILES string of the molecule is CC(C)(C)c1cc(-c2[c-]c(-c3cccc4cc[n-]c34)cc(C(C)(C)C)c2)[c-]c(-c2ccccn2)c1.[Au+3]. The zero-order chi connectivity index (χ0) is 24.8. The number of benzene rings is 3. The molecule has 0 radical (unpaired) electrons. The van der Waals surface area contributed by atoms with Crippen LogP contribution >= 0.6 is 0 Å². The van der Waals surface area contributed by atoms with Crippen molar-refractivity contribution in [1.29, 1.82) is 0 Å². The average molecular weight is 653 g/mol. The summed E-state index contributed by atoms with van der Waals surface area (Å²) in [5.41, 5.74) is 9.68. The van der Waals surface area contributed by atoms with Crippen LogP contribution in [-0.4, -0.2) is 4.98 Å². The van der Waals surface area contributed by atoms with Crippen molar-refractivity contribution >= 4 is 10.9 Å². The van der Waals surface area contributed by atoms with E-state index in [9.17, 15) is 0 Å². The molecular weight excluding hydrogens is 621 g/mol. The number of pyridine rings is 1. The third kappa shape index (κ3) is 5.27. The molecule has 5 aromatic rings. The minimum atomic E-state index is -0.0165. The quantitative estimate of drug-likeness (QED) is 0.145. The second-order valence-electron chi connectivity index (χ2n) is 11.3. The summed E-state index contributed by atoms with van der Waals surface area (Å²) < 4.78 is 0. The zero-order valence-corrected chi connectivity index (χ0v) is 23.9. The molecule has 0 unspecified atom stereocenters. The first-order chi connectivity index (χ1) is 16.6. The van der Waals surface area contributed by atoms with Gasteiger partial charge in [-0.1, -0.05) is 83.5 Å². The number of hydrogen-bond acceptors (Lipinski definition) is 1. The number of para-hydroxylation sites is 1. The van der Waals surface area contributed by atoms with Crippen molar-refractivity contribution in [3.05, 3.63) is 102 Å². The van der Waals surface area contributed by atoms with Crippen molar-refractivity contribution in [2.45, 2.75) is 52.4 Å². The van der Waals surface area contributed by atoms with Crippen LogP contribution in [0, 0.1) is 12.1 Å². The molecule has 2 aromatic heterocycles. The Balaban J connectivity index is 0.00000304. The summed E-state index contributed by atoms with van der Waals surface area (Å²) >= 11 is 0. The maximum Gasteiger partial charge on any atom is 3.00 e. The van der Waals surface area contributed by atoms with Gasteiger partial charge in [-0.25, -0.2) is 0 Å². The third-order valence-electron chi connectivity index (χ3n) is 6.52. The van der Waals surface area contributed by atoms with Crippen LogP contribution in [0.25, 0.3) is 44.4 Å². The van der Waals surface area contributed by atoms with Gasteiger partial charge in [0, 0.05) is 11.9 Å². The first-order valence-electron chi connectivity index (χ1n) is 12.2. The van der Waals surface area contributed by atoms with Crippen LogP contribution in [0.5, 0.6) is 0 Å². The van der Waals surface area contributed by atoms with Gasteiger partial charge in [-0.05, 0) is 22.3 Å². The maximum absolute atomic E-state index is 4.65. The Morgan fingerprint density at radius 3 is 1.89 bits per heavy atom. The largest absolute Gasteiger partial charge is 3.00 e. The minimum Gasteiger partial charge on any atom is -0.670 e. The van der Waals surface area contributed by atoms with Gasteiger partial charge in [0.05, 0.1) is 0 Å². The van der Waals surface area contributed by atoms with Crippen molar-refractivity contribution in [3.8, 4) is 33.5 Å². The van der Waals surface area contributed by atoms with Crippen LogP contribution in [0.15, 0.2) is 79.1 Å². The normalized spacial score (nSPS) is 11.9. The molecule has 0 saturated carbocycles. The van der Waals surface area contributed by atoms with Crippen LogP contribution < -0.4 is 4.98 Å². The van der Waals surface area contributed by atoms with E-state index in [4.69, 9.17) is 0 Å².